The van der Waals surface area contributed by atoms with Crippen molar-refractivity contribution in [1.29, 1.82) is 0 Å². The van der Waals surface area contributed by atoms with Gasteiger partial charge in [0.05, 0.1) is 0 Å². The molecule has 1 atom stereocenters. The van der Waals surface area contributed by atoms with E-state index in [9.17, 15) is 26.3 Å². The second-order valence-corrected chi connectivity index (χ2v) is 2.72. The van der Waals surface area contributed by atoms with Crippen molar-refractivity contribution in [1.82, 2.24) is 0 Å². The molecule has 0 aliphatic heterocycles. The number of aliphatic hydroxyl groups is 2. The Labute approximate surface area is 80.3 Å². The fourth-order valence-corrected chi connectivity index (χ4v) is 0.614. The van der Waals surface area contributed by atoms with Crippen LogP contribution in [0.15, 0.2) is 0 Å². The smallest absolute Gasteiger partial charge is 0.387 e. The Morgan fingerprint density at radius 2 is 1.53 bits per heavy atom. The molecule has 9 heteroatoms. The molecule has 0 rings (SSSR count). The van der Waals surface area contributed by atoms with Gasteiger partial charge in [-0.3, -0.25) is 0 Å². The first-order valence-electron chi connectivity index (χ1n) is 3.58. The third-order valence-electron chi connectivity index (χ3n) is 1.44. The van der Waals surface area contributed by atoms with E-state index in [0.717, 1.165) is 0 Å². The summed E-state index contributed by atoms with van der Waals surface area (Å²) in [5.41, 5.74) is 0. The van der Waals surface area contributed by atoms with Crippen molar-refractivity contribution in [3.63, 3.8) is 0 Å². The second-order valence-electron chi connectivity index (χ2n) is 2.72. The Morgan fingerprint density at radius 1 is 1.13 bits per heavy atom. The van der Waals surface area contributed by atoms with Crippen molar-refractivity contribution >= 4 is 0 Å². The monoisotopic (exact) mass is 242 g/mol. The van der Waals surface area contributed by atoms with Crippen LogP contribution in [0.2, 0.25) is 0 Å². The molecule has 0 amide bonds. The van der Waals surface area contributed by atoms with Gasteiger partial charge in [0.25, 0.3) is 0 Å². The Bertz CT molecular complexity index is 213. The predicted molar refractivity (Wildman–Crippen MR) is 34.7 cm³/mol. The van der Waals surface area contributed by atoms with E-state index in [0.29, 0.717) is 0 Å². The summed E-state index contributed by atoms with van der Waals surface area (Å²) in [6.07, 6.45) is -12.8. The standard InChI is InChI=1S/C6H8F6O3/c1-3(15-4(7,8)2-13)5(9,10)6(11,12)14/h3,13-14H,2H2,1H3. The summed E-state index contributed by atoms with van der Waals surface area (Å²) in [7, 11) is 0. The molecule has 15 heavy (non-hydrogen) atoms. The molecule has 0 aromatic heterocycles. The molecular formula is C6H8F6O3. The number of ether oxygens (including phenoxy) is 1. The van der Waals surface area contributed by atoms with Crippen molar-refractivity contribution < 1.29 is 41.3 Å². The number of aliphatic hydroxyl groups excluding tert-OH is 1. The van der Waals surface area contributed by atoms with Crippen molar-refractivity contribution in [2.75, 3.05) is 6.61 Å². The first kappa shape index (κ1) is 14.5. The van der Waals surface area contributed by atoms with Gasteiger partial charge in [0.15, 0.2) is 0 Å². The number of rotatable bonds is 5. The summed E-state index contributed by atoms with van der Waals surface area (Å²) in [6, 6.07) is 0. The van der Waals surface area contributed by atoms with E-state index in [-0.39, 0.29) is 6.92 Å². The lowest BCUT2D eigenvalue weighted by atomic mass is 10.2. The minimum absolute atomic E-state index is 0.216. The molecule has 0 spiro atoms. The Morgan fingerprint density at radius 3 is 1.80 bits per heavy atom. The maximum Gasteiger partial charge on any atom is 0.419 e. The largest absolute Gasteiger partial charge is 0.419 e. The van der Waals surface area contributed by atoms with Crippen LogP contribution >= 0.6 is 0 Å². The highest BCUT2D eigenvalue weighted by Crippen LogP contribution is 2.37. The summed E-state index contributed by atoms with van der Waals surface area (Å²) < 4.78 is 76.2. The molecule has 0 saturated heterocycles. The lowest BCUT2D eigenvalue weighted by Crippen LogP contribution is -2.51. The zero-order valence-electron chi connectivity index (χ0n) is 7.35. The van der Waals surface area contributed by atoms with E-state index in [4.69, 9.17) is 10.2 Å². The number of hydrogen-bond acceptors (Lipinski definition) is 3. The van der Waals surface area contributed by atoms with Crippen LogP contribution < -0.4 is 0 Å². The molecule has 0 aromatic rings. The molecule has 0 aliphatic rings. The van der Waals surface area contributed by atoms with Gasteiger partial charge in [0, 0.05) is 0 Å². The van der Waals surface area contributed by atoms with Crippen molar-refractivity contribution in [3.8, 4) is 0 Å². The third-order valence-corrected chi connectivity index (χ3v) is 1.44. The van der Waals surface area contributed by atoms with Crippen molar-refractivity contribution in [2.45, 2.75) is 31.2 Å². The van der Waals surface area contributed by atoms with Crippen LogP contribution in [-0.2, 0) is 4.74 Å². The average molecular weight is 242 g/mol. The third kappa shape index (κ3) is 3.50. The lowest BCUT2D eigenvalue weighted by Gasteiger charge is -2.29. The van der Waals surface area contributed by atoms with Crippen LogP contribution in [0.4, 0.5) is 26.3 Å². The van der Waals surface area contributed by atoms with Crippen molar-refractivity contribution in [2.24, 2.45) is 0 Å². The molecule has 1 unspecified atom stereocenters. The quantitative estimate of drug-likeness (QED) is 0.712. The zero-order valence-corrected chi connectivity index (χ0v) is 7.35. The van der Waals surface area contributed by atoms with E-state index in [1.807, 2.05) is 0 Å². The molecule has 0 fully saturated rings. The normalized spacial score (nSPS) is 16.6. The molecule has 92 valence electrons. The minimum Gasteiger partial charge on any atom is -0.387 e. The van der Waals surface area contributed by atoms with Crippen LogP contribution in [0, 0.1) is 0 Å². The summed E-state index contributed by atoms with van der Waals surface area (Å²) in [6.45, 7) is -1.72. The van der Waals surface area contributed by atoms with Gasteiger partial charge >= 0.3 is 18.1 Å². The zero-order chi connectivity index (χ0) is 12.5. The fraction of sp³-hybridized carbons (Fsp3) is 1.00. The van der Waals surface area contributed by atoms with Crippen LogP contribution in [0.3, 0.4) is 0 Å². The lowest BCUT2D eigenvalue weighted by molar-refractivity contribution is -0.383. The van der Waals surface area contributed by atoms with Gasteiger partial charge in [-0.1, -0.05) is 0 Å². The minimum atomic E-state index is -5.49. The summed E-state index contributed by atoms with van der Waals surface area (Å²) in [5, 5.41) is 15.7. The number of hydrogen-bond donors (Lipinski definition) is 2. The molecule has 0 saturated carbocycles. The van der Waals surface area contributed by atoms with Gasteiger partial charge in [-0.05, 0) is 6.92 Å². The predicted octanol–water partition coefficient (Wildman–Crippen LogP) is 1.20. The molecule has 3 nitrogen and oxygen atoms in total. The second kappa shape index (κ2) is 4.14. The van der Waals surface area contributed by atoms with Gasteiger partial charge in [-0.15, -0.1) is 0 Å². The topological polar surface area (TPSA) is 49.7 Å². The molecule has 0 aromatic carbocycles. The van der Waals surface area contributed by atoms with Gasteiger partial charge in [0.1, 0.15) is 12.7 Å². The first-order valence-corrected chi connectivity index (χ1v) is 3.58. The Kier molecular flexibility index (Phi) is 3.99. The molecule has 0 aliphatic carbocycles. The van der Waals surface area contributed by atoms with E-state index in [2.05, 4.69) is 4.74 Å². The molecule has 0 bridgehead atoms. The Balaban J connectivity index is 4.65. The maximum atomic E-state index is 12.5. The molecule has 0 heterocycles. The SMILES string of the molecule is CC(OC(F)(F)CO)C(F)(F)C(O)(F)F. The van der Waals surface area contributed by atoms with Gasteiger partial charge in [0.2, 0.25) is 0 Å². The van der Waals surface area contributed by atoms with Gasteiger partial charge < -0.3 is 14.9 Å². The molecular weight excluding hydrogens is 234 g/mol. The maximum absolute atomic E-state index is 12.5. The highest BCUT2D eigenvalue weighted by Gasteiger charge is 2.61. The molecule has 0 radical (unpaired) electrons. The summed E-state index contributed by atoms with van der Waals surface area (Å²) in [4.78, 5) is 0. The van der Waals surface area contributed by atoms with Crippen molar-refractivity contribution in [3.05, 3.63) is 0 Å². The summed E-state index contributed by atoms with van der Waals surface area (Å²) >= 11 is 0. The first-order chi connectivity index (χ1) is 6.44. The van der Waals surface area contributed by atoms with Gasteiger partial charge in [-0.25, -0.2) is 0 Å². The molecule has 2 N–H and O–H groups in total. The number of halogens is 6. The fourth-order valence-electron chi connectivity index (χ4n) is 0.614. The van der Waals surface area contributed by atoms with Gasteiger partial charge in [-0.2, -0.15) is 26.3 Å². The highest BCUT2D eigenvalue weighted by atomic mass is 19.3. The van der Waals surface area contributed by atoms with Crippen LogP contribution in [-0.4, -0.2) is 41.1 Å². The van der Waals surface area contributed by atoms with Crippen LogP contribution in [0.1, 0.15) is 6.92 Å². The van der Waals surface area contributed by atoms with Crippen LogP contribution in [0.5, 0.6) is 0 Å². The average Bonchev–Trinajstić information content (AvgIpc) is 2.01. The Hall–Kier alpha value is -0.540. The van der Waals surface area contributed by atoms with E-state index in [1.165, 1.54) is 0 Å². The van der Waals surface area contributed by atoms with E-state index >= 15 is 0 Å². The highest BCUT2D eigenvalue weighted by molar-refractivity contribution is 4.82. The van der Waals surface area contributed by atoms with Crippen LogP contribution in [0.25, 0.3) is 0 Å². The number of alkyl halides is 6. The van der Waals surface area contributed by atoms with E-state index < -0.39 is 30.9 Å². The van der Waals surface area contributed by atoms with E-state index in [1.54, 1.807) is 0 Å². The summed E-state index contributed by atoms with van der Waals surface area (Å²) in [5.74, 6) is -5.19.